The molecule has 0 saturated carbocycles. The third kappa shape index (κ3) is 4.15. The van der Waals surface area contributed by atoms with Crippen LogP contribution < -0.4 is 4.18 Å². The van der Waals surface area contributed by atoms with Gasteiger partial charge in [0.05, 0.1) is 9.79 Å². The number of fused-ring (bicyclic) bond motifs is 1. The third-order valence-electron chi connectivity index (χ3n) is 3.66. The van der Waals surface area contributed by atoms with Crippen molar-refractivity contribution >= 4 is 41.1 Å². The van der Waals surface area contributed by atoms with Crippen LogP contribution in [0.5, 0.6) is 5.75 Å². The molecular weight excluding hydrogens is 432 g/mol. The maximum Gasteiger partial charge on any atom is 0.339 e. The zero-order valence-corrected chi connectivity index (χ0v) is 16.1. The first-order valence-corrected chi connectivity index (χ1v) is 11.6. The van der Waals surface area contributed by atoms with Crippen LogP contribution in [0, 0.1) is 0 Å². The second-order valence-corrected chi connectivity index (χ2v) is 9.84. The summed E-state index contributed by atoms with van der Waals surface area (Å²) in [5, 5.41) is -0.362. The maximum atomic E-state index is 12.3. The van der Waals surface area contributed by atoms with E-state index in [2.05, 4.69) is 0 Å². The van der Waals surface area contributed by atoms with Crippen LogP contribution in [-0.2, 0) is 30.4 Å². The van der Waals surface area contributed by atoms with E-state index in [1.54, 1.807) is 6.07 Å². The molecular formula is C16H10O9S3-2. The minimum Gasteiger partial charge on any atom is -0.744 e. The van der Waals surface area contributed by atoms with Gasteiger partial charge in [0.1, 0.15) is 30.9 Å². The lowest BCUT2D eigenvalue weighted by atomic mass is 10.1. The predicted molar refractivity (Wildman–Crippen MR) is 94.1 cm³/mol. The Hall–Kier alpha value is -2.51. The summed E-state index contributed by atoms with van der Waals surface area (Å²) in [5.41, 5.74) is 0. The third-order valence-corrected chi connectivity index (χ3v) is 6.61. The van der Waals surface area contributed by atoms with Crippen molar-refractivity contribution in [2.24, 2.45) is 0 Å². The van der Waals surface area contributed by atoms with E-state index in [4.69, 9.17) is 4.18 Å². The van der Waals surface area contributed by atoms with E-state index in [0.29, 0.717) is 6.07 Å². The molecule has 9 nitrogen and oxygen atoms in total. The Labute approximate surface area is 160 Å². The van der Waals surface area contributed by atoms with Gasteiger partial charge in [-0.2, -0.15) is 8.42 Å². The van der Waals surface area contributed by atoms with E-state index >= 15 is 0 Å². The van der Waals surface area contributed by atoms with E-state index in [1.165, 1.54) is 24.3 Å². The van der Waals surface area contributed by atoms with Gasteiger partial charge < -0.3 is 13.3 Å². The highest BCUT2D eigenvalue weighted by Gasteiger charge is 2.18. The molecule has 0 radical (unpaired) electrons. The number of hydrogen-bond acceptors (Lipinski definition) is 9. The molecule has 0 atom stereocenters. The van der Waals surface area contributed by atoms with Gasteiger partial charge in [0.15, 0.2) is 0 Å². The summed E-state index contributed by atoms with van der Waals surface area (Å²) in [7, 11) is -14.5. The van der Waals surface area contributed by atoms with Gasteiger partial charge in [-0.25, -0.2) is 16.8 Å². The molecule has 0 unspecified atom stereocenters. The Morgan fingerprint density at radius 2 is 1.32 bits per heavy atom. The summed E-state index contributed by atoms with van der Waals surface area (Å²) in [6.45, 7) is 0. The predicted octanol–water partition coefficient (Wildman–Crippen LogP) is 1.42. The van der Waals surface area contributed by atoms with Gasteiger partial charge >= 0.3 is 10.1 Å². The topological polar surface area (TPSA) is 158 Å². The zero-order valence-electron chi connectivity index (χ0n) is 13.7. The lowest BCUT2D eigenvalue weighted by Crippen LogP contribution is -2.10. The normalized spacial score (nSPS) is 12.8. The first kappa shape index (κ1) is 20.2. The van der Waals surface area contributed by atoms with Crippen LogP contribution in [-0.4, -0.2) is 34.4 Å². The SMILES string of the molecule is O=S(=O)([O-])c1cc(S(=O)(=O)[O-])c2cc(OS(=O)(=O)c3ccccc3)ccc2c1. The molecule has 0 aliphatic carbocycles. The number of benzene rings is 3. The lowest BCUT2D eigenvalue weighted by molar-refractivity contribution is 0.462. The molecule has 3 aromatic carbocycles. The first-order valence-electron chi connectivity index (χ1n) is 7.37. The van der Waals surface area contributed by atoms with Crippen molar-refractivity contribution in [3.63, 3.8) is 0 Å². The molecule has 0 spiro atoms. The molecule has 0 aliphatic heterocycles. The van der Waals surface area contributed by atoms with Crippen LogP contribution in [0.3, 0.4) is 0 Å². The molecule has 0 aromatic heterocycles. The van der Waals surface area contributed by atoms with Gasteiger partial charge in [0.2, 0.25) is 0 Å². The molecule has 12 heteroatoms. The van der Waals surface area contributed by atoms with Crippen molar-refractivity contribution < 1.29 is 38.5 Å². The quantitative estimate of drug-likeness (QED) is 0.421. The highest BCUT2D eigenvalue weighted by atomic mass is 32.2. The van der Waals surface area contributed by atoms with Gasteiger partial charge in [0.25, 0.3) is 0 Å². The molecule has 148 valence electrons. The van der Waals surface area contributed by atoms with Crippen LogP contribution in [0.2, 0.25) is 0 Å². The van der Waals surface area contributed by atoms with Gasteiger partial charge in [0, 0.05) is 5.39 Å². The molecule has 28 heavy (non-hydrogen) atoms. The second-order valence-electron chi connectivity index (χ2n) is 5.56. The summed E-state index contributed by atoms with van der Waals surface area (Å²) in [4.78, 5) is -2.04. The first-order chi connectivity index (χ1) is 12.9. The standard InChI is InChI=1S/C16H12O9S3/c17-26(18,19)14-8-11-6-7-12(9-15(11)16(10-14)27(20,21)22)25-28(23,24)13-4-2-1-3-5-13/h1-10H,(H,17,18,19)(H,20,21,22)/p-2. The minimum absolute atomic E-state index is 0.0733. The van der Waals surface area contributed by atoms with Gasteiger partial charge in [-0.3, -0.25) is 0 Å². The largest absolute Gasteiger partial charge is 0.744 e. The number of rotatable bonds is 5. The van der Waals surface area contributed by atoms with E-state index in [-0.39, 0.29) is 21.4 Å². The number of hydrogen-bond donors (Lipinski definition) is 0. The molecule has 0 N–H and O–H groups in total. The van der Waals surface area contributed by atoms with Crippen molar-refractivity contribution in [3.8, 4) is 5.75 Å². The fourth-order valence-corrected chi connectivity index (χ4v) is 4.71. The molecule has 0 bridgehead atoms. The maximum absolute atomic E-state index is 12.3. The summed E-state index contributed by atoms with van der Waals surface area (Å²) in [5.74, 6) is -0.306. The van der Waals surface area contributed by atoms with E-state index in [9.17, 15) is 34.4 Å². The Kier molecular flexibility index (Phi) is 4.93. The monoisotopic (exact) mass is 442 g/mol. The van der Waals surface area contributed by atoms with Crippen molar-refractivity contribution in [2.45, 2.75) is 14.7 Å². The summed E-state index contributed by atoms with van der Waals surface area (Å²) in [6.07, 6.45) is 0. The minimum atomic E-state index is -5.18. The van der Waals surface area contributed by atoms with Gasteiger partial charge in [-0.1, -0.05) is 24.3 Å². The van der Waals surface area contributed by atoms with Crippen LogP contribution in [0.1, 0.15) is 0 Å². The average molecular weight is 442 g/mol. The van der Waals surface area contributed by atoms with Crippen molar-refractivity contribution in [1.29, 1.82) is 0 Å². The summed E-state index contributed by atoms with van der Waals surface area (Å²) < 4.78 is 97.8. The van der Waals surface area contributed by atoms with E-state index < -0.39 is 40.1 Å². The van der Waals surface area contributed by atoms with Crippen LogP contribution in [0.25, 0.3) is 10.8 Å². The van der Waals surface area contributed by atoms with Crippen molar-refractivity contribution in [1.82, 2.24) is 0 Å². The van der Waals surface area contributed by atoms with Crippen LogP contribution in [0.4, 0.5) is 0 Å². The Bertz CT molecular complexity index is 1380. The van der Waals surface area contributed by atoms with Gasteiger partial charge in [-0.05, 0) is 41.8 Å². The Morgan fingerprint density at radius 1 is 0.679 bits per heavy atom. The smallest absolute Gasteiger partial charge is 0.339 e. The van der Waals surface area contributed by atoms with E-state index in [1.807, 2.05) is 0 Å². The molecule has 0 amide bonds. The average Bonchev–Trinajstić information content (AvgIpc) is 2.59. The summed E-state index contributed by atoms with van der Waals surface area (Å²) >= 11 is 0. The van der Waals surface area contributed by atoms with Crippen molar-refractivity contribution in [2.75, 3.05) is 0 Å². The Balaban J connectivity index is 2.19. The fraction of sp³-hybridized carbons (Fsp3) is 0. The molecule has 0 saturated heterocycles. The molecule has 3 aromatic rings. The molecule has 0 aliphatic rings. The zero-order chi connectivity index (χ0) is 20.7. The van der Waals surface area contributed by atoms with Crippen LogP contribution >= 0.6 is 0 Å². The fourth-order valence-electron chi connectivity index (χ4n) is 2.44. The highest BCUT2D eigenvalue weighted by Crippen LogP contribution is 2.31. The molecule has 0 heterocycles. The van der Waals surface area contributed by atoms with Gasteiger partial charge in [-0.15, -0.1) is 0 Å². The second kappa shape index (κ2) is 6.83. The molecule has 3 rings (SSSR count). The van der Waals surface area contributed by atoms with E-state index in [0.717, 1.165) is 24.3 Å². The molecule has 0 fully saturated rings. The lowest BCUT2D eigenvalue weighted by Gasteiger charge is -2.16. The van der Waals surface area contributed by atoms with Crippen LogP contribution in [0.15, 0.2) is 75.4 Å². The Morgan fingerprint density at radius 3 is 1.89 bits per heavy atom. The highest BCUT2D eigenvalue weighted by molar-refractivity contribution is 7.87. The summed E-state index contributed by atoms with van der Waals surface area (Å²) in [6, 6.07) is 11.7. The van der Waals surface area contributed by atoms with Crippen molar-refractivity contribution in [3.05, 3.63) is 60.7 Å².